The molecule has 0 aliphatic heterocycles. The van der Waals surface area contributed by atoms with Gasteiger partial charge in [-0.2, -0.15) is 0 Å². The fraction of sp³-hybridized carbons (Fsp3) is 0. The van der Waals surface area contributed by atoms with Gasteiger partial charge in [0.05, 0.1) is 0 Å². The molecule has 0 saturated carbocycles. The van der Waals surface area contributed by atoms with Gasteiger partial charge in [0.1, 0.15) is 0 Å². The minimum atomic E-state index is -2.08. The van der Waals surface area contributed by atoms with E-state index in [4.69, 9.17) is 23.2 Å². The van der Waals surface area contributed by atoms with Crippen LogP contribution in [0.15, 0.2) is 0 Å². The average Bonchev–Trinajstić information content (AvgIpc) is 1.63. The Morgan fingerprint density at radius 1 is 1.11 bits per heavy atom. The van der Waals surface area contributed by atoms with Crippen LogP contribution in [-0.2, 0) is 5.37 Å². The average molecular weight is 366 g/mol. The molecule has 9 heavy (non-hydrogen) atoms. The van der Waals surface area contributed by atoms with Crippen molar-refractivity contribution in [3.8, 4) is 0 Å². The summed E-state index contributed by atoms with van der Waals surface area (Å²) < 4.78 is 8.29. The Morgan fingerprint density at radius 2 is 1.44 bits per heavy atom. The van der Waals surface area contributed by atoms with Crippen molar-refractivity contribution in [2.75, 3.05) is 0 Å². The molecule has 0 fully saturated rings. The van der Waals surface area contributed by atoms with E-state index in [0.717, 1.165) is 0 Å². The minimum absolute atomic E-state index is 0.962. The SMILES string of the molecule is O=C(Cl)[O][Pb][O]C(=O)Cl. The van der Waals surface area contributed by atoms with E-state index in [1.54, 1.807) is 0 Å². The van der Waals surface area contributed by atoms with Crippen molar-refractivity contribution < 1.29 is 15.0 Å². The van der Waals surface area contributed by atoms with Gasteiger partial charge in [-0.05, 0) is 0 Å². The maximum atomic E-state index is 9.78. The molecule has 2 radical (unpaired) electrons. The number of hydrogen-bond acceptors (Lipinski definition) is 4. The molecule has 7 heteroatoms. The van der Waals surface area contributed by atoms with Gasteiger partial charge in [-0.25, -0.2) is 0 Å². The normalized spacial score (nSPS) is 8.22. The molecular formula is C2Cl2O4Pb. The van der Waals surface area contributed by atoms with Gasteiger partial charge in [-0.3, -0.25) is 0 Å². The number of carbonyl (C=O) groups is 2. The second-order valence-electron chi connectivity index (χ2n) is 0.763. The fourth-order valence-electron chi connectivity index (χ4n) is 0.0864. The molecule has 0 rings (SSSR count). The Balaban J connectivity index is 3.10. The molecule has 0 bridgehead atoms. The van der Waals surface area contributed by atoms with E-state index in [1.165, 1.54) is 0 Å². The molecule has 0 aromatic carbocycles. The predicted octanol–water partition coefficient (Wildman–Crippen LogP) is 1.27. The van der Waals surface area contributed by atoms with Crippen LogP contribution in [0.3, 0.4) is 0 Å². The number of hydrogen-bond donors (Lipinski definition) is 0. The summed E-state index contributed by atoms with van der Waals surface area (Å²) in [6.07, 6.45) is 0. The molecule has 0 spiro atoms. The zero-order valence-electron chi connectivity index (χ0n) is 3.89. The van der Waals surface area contributed by atoms with Gasteiger partial charge in [0.25, 0.3) is 0 Å². The fourth-order valence-corrected chi connectivity index (χ4v) is 1.31. The van der Waals surface area contributed by atoms with Crippen molar-refractivity contribution in [2.45, 2.75) is 0 Å². The van der Waals surface area contributed by atoms with E-state index in [1.807, 2.05) is 0 Å². The molecule has 0 aromatic heterocycles. The molecule has 0 aliphatic rings. The van der Waals surface area contributed by atoms with E-state index in [-0.39, 0.29) is 0 Å². The van der Waals surface area contributed by atoms with Crippen molar-refractivity contribution in [1.82, 2.24) is 0 Å². The van der Waals surface area contributed by atoms with Crippen molar-refractivity contribution in [1.29, 1.82) is 0 Å². The molecule has 0 heterocycles. The molecule has 0 saturated heterocycles. The molecule has 0 N–H and O–H groups in total. The third-order valence-corrected chi connectivity index (χ3v) is 3.49. The Bertz CT molecular complexity index is 112. The van der Waals surface area contributed by atoms with Gasteiger partial charge in [-0.15, -0.1) is 0 Å². The molecule has 0 atom stereocenters. The molecule has 0 amide bonds. The second kappa shape index (κ2) is 5.24. The predicted molar refractivity (Wildman–Crippen MR) is 30.4 cm³/mol. The summed E-state index contributed by atoms with van der Waals surface area (Å²) in [7, 11) is 0. The van der Waals surface area contributed by atoms with E-state index in [0.29, 0.717) is 0 Å². The molecule has 0 unspecified atom stereocenters. The van der Waals surface area contributed by atoms with Gasteiger partial charge in [0, 0.05) is 0 Å². The van der Waals surface area contributed by atoms with Crippen LogP contribution in [-0.4, -0.2) is 36.0 Å². The summed E-state index contributed by atoms with van der Waals surface area (Å²) in [4.78, 5) is 19.6. The Morgan fingerprint density at radius 3 is 1.67 bits per heavy atom. The summed E-state index contributed by atoms with van der Waals surface area (Å²) in [6, 6.07) is 0. The van der Waals surface area contributed by atoms with Crippen LogP contribution in [0, 0.1) is 0 Å². The molecule has 50 valence electrons. The summed E-state index contributed by atoms with van der Waals surface area (Å²) in [6.45, 7) is 0. The molecule has 0 aromatic rings. The Hall–Kier alpha value is 0.442. The molecular weight excluding hydrogens is 366 g/mol. The second-order valence-corrected chi connectivity index (χ2v) is 3.61. The summed E-state index contributed by atoms with van der Waals surface area (Å²) >= 11 is 7.34. The van der Waals surface area contributed by atoms with Crippen LogP contribution in [0.2, 0.25) is 0 Å². The van der Waals surface area contributed by atoms with E-state index in [9.17, 15) is 9.59 Å². The van der Waals surface area contributed by atoms with E-state index >= 15 is 0 Å². The standard InChI is InChI=1S/2CHClO2.Pb/c2*2-1(3)4;/h2*(H,3,4);/q;;+2/p-2. The van der Waals surface area contributed by atoms with Gasteiger partial charge >= 0.3 is 74.2 Å². The zero-order valence-corrected chi connectivity index (χ0v) is 9.29. The first kappa shape index (κ1) is 9.44. The maximum absolute atomic E-state index is 9.78. The van der Waals surface area contributed by atoms with E-state index < -0.39 is 36.0 Å². The van der Waals surface area contributed by atoms with Crippen molar-refractivity contribution in [3.63, 3.8) is 0 Å². The third-order valence-electron chi connectivity index (χ3n) is 0.244. The monoisotopic (exact) mass is 366 g/mol. The van der Waals surface area contributed by atoms with E-state index in [2.05, 4.69) is 5.37 Å². The zero-order chi connectivity index (χ0) is 7.28. The Kier molecular flexibility index (Phi) is 5.50. The van der Waals surface area contributed by atoms with Gasteiger partial charge < -0.3 is 0 Å². The third kappa shape index (κ3) is 8.44. The summed E-state index contributed by atoms with van der Waals surface area (Å²) in [5.74, 6) is 0. The number of carbonyl (C=O) groups excluding carboxylic acids is 2. The quantitative estimate of drug-likeness (QED) is 0.546. The van der Waals surface area contributed by atoms with Crippen molar-refractivity contribution >= 4 is 59.2 Å². The summed E-state index contributed by atoms with van der Waals surface area (Å²) in [5, 5.41) is 0. The van der Waals surface area contributed by atoms with Crippen LogP contribution in [0.1, 0.15) is 0 Å². The molecule has 4 nitrogen and oxygen atoms in total. The van der Waals surface area contributed by atoms with Crippen molar-refractivity contribution in [2.24, 2.45) is 0 Å². The van der Waals surface area contributed by atoms with Crippen LogP contribution < -0.4 is 0 Å². The number of halogens is 2. The van der Waals surface area contributed by atoms with Gasteiger partial charge in [0.15, 0.2) is 0 Å². The van der Waals surface area contributed by atoms with Gasteiger partial charge in [-0.1, -0.05) is 0 Å². The summed E-state index contributed by atoms with van der Waals surface area (Å²) in [5.41, 5.74) is -1.92. The van der Waals surface area contributed by atoms with Crippen LogP contribution in [0.5, 0.6) is 0 Å². The van der Waals surface area contributed by atoms with Gasteiger partial charge in [0.2, 0.25) is 0 Å². The number of rotatable bonds is 2. The topological polar surface area (TPSA) is 52.6 Å². The first-order chi connectivity index (χ1) is 4.13. The van der Waals surface area contributed by atoms with Crippen molar-refractivity contribution in [3.05, 3.63) is 0 Å². The van der Waals surface area contributed by atoms with Crippen LogP contribution >= 0.6 is 23.2 Å². The van der Waals surface area contributed by atoms with Crippen LogP contribution in [0.4, 0.5) is 9.59 Å². The first-order valence-electron chi connectivity index (χ1n) is 1.60. The molecule has 0 aliphatic carbocycles. The van der Waals surface area contributed by atoms with Crippen LogP contribution in [0.25, 0.3) is 0 Å². The first-order valence-corrected chi connectivity index (χ1v) is 5.53. The Labute approximate surface area is 73.9 Å².